The molecular weight excluding hydrogens is 412 g/mol. The zero-order valence-electron chi connectivity index (χ0n) is 19.5. The molecule has 0 radical (unpaired) electrons. The number of carbonyl (C=O) groups is 1. The van der Waals surface area contributed by atoms with E-state index >= 15 is 0 Å². The highest BCUT2D eigenvalue weighted by Crippen LogP contribution is 2.35. The Bertz CT molecular complexity index is 1130. The Morgan fingerprint density at radius 1 is 1.12 bits per heavy atom. The molecule has 0 bridgehead atoms. The average molecular weight is 445 g/mol. The average Bonchev–Trinajstić information content (AvgIpc) is 3.23. The van der Waals surface area contributed by atoms with Crippen molar-refractivity contribution in [3.05, 3.63) is 82.4 Å². The van der Waals surface area contributed by atoms with Crippen LogP contribution in [0.15, 0.2) is 48.5 Å². The van der Waals surface area contributed by atoms with Crippen LogP contribution in [0.1, 0.15) is 63.9 Å². The lowest BCUT2D eigenvalue weighted by Gasteiger charge is -2.38. The molecule has 6 nitrogen and oxygen atoms in total. The first-order valence-corrected chi connectivity index (χ1v) is 12.0. The van der Waals surface area contributed by atoms with Crippen molar-refractivity contribution < 1.29 is 9.53 Å². The number of hydrogen-bond acceptors (Lipinski definition) is 4. The monoisotopic (exact) mass is 444 g/mol. The summed E-state index contributed by atoms with van der Waals surface area (Å²) >= 11 is 0. The number of benzene rings is 2. The second-order valence-corrected chi connectivity index (χ2v) is 9.58. The minimum atomic E-state index is -0.0784. The van der Waals surface area contributed by atoms with Gasteiger partial charge in [0.15, 0.2) is 0 Å². The highest BCUT2D eigenvalue weighted by atomic mass is 16.5. The van der Waals surface area contributed by atoms with Gasteiger partial charge in [-0.1, -0.05) is 42.0 Å². The van der Waals surface area contributed by atoms with Crippen molar-refractivity contribution in [1.82, 2.24) is 20.1 Å². The van der Waals surface area contributed by atoms with Gasteiger partial charge in [0.1, 0.15) is 11.6 Å². The Labute approximate surface area is 195 Å². The third-order valence-electron chi connectivity index (χ3n) is 7.45. The van der Waals surface area contributed by atoms with Gasteiger partial charge in [-0.25, -0.2) is 0 Å². The topological polar surface area (TPSA) is 69.0 Å². The van der Waals surface area contributed by atoms with E-state index in [-0.39, 0.29) is 11.3 Å². The number of hydrogen-bond donors (Lipinski definition) is 1. The molecule has 0 unspecified atom stereocenters. The Hall–Kier alpha value is -2.99. The molecule has 2 aliphatic heterocycles. The Balaban J connectivity index is 1.31. The standard InChI is InChI=1S/C27H32N4O2/c1-19-6-9-24(10-7-19)27(12-14-33-15-13-27)18-28-26(32)22-5-3-4-21(16-22)23-8-11-25-30-29-20(2)31(25)17-23/h3-7,9-10,16,23H,8,11-15,17-18H2,1-2H3,(H,28,32)/t23-/m0/s1. The van der Waals surface area contributed by atoms with Gasteiger partial charge in [-0.2, -0.15) is 0 Å². The maximum Gasteiger partial charge on any atom is 0.251 e. The SMILES string of the molecule is Cc1ccc(C2(CNC(=O)c3cccc([C@H]4CCc5nnc(C)n5C4)c3)CCOCC2)cc1. The van der Waals surface area contributed by atoms with Gasteiger partial charge in [-0.15, -0.1) is 10.2 Å². The number of aryl methyl sites for hydroxylation is 3. The number of fused-ring (bicyclic) bond motifs is 1. The molecule has 1 saturated heterocycles. The van der Waals surface area contributed by atoms with Crippen LogP contribution in [-0.4, -0.2) is 40.4 Å². The summed E-state index contributed by atoms with van der Waals surface area (Å²) in [6.45, 7) is 7.05. The van der Waals surface area contributed by atoms with Crippen LogP contribution in [0.2, 0.25) is 0 Å². The zero-order valence-corrected chi connectivity index (χ0v) is 19.5. The van der Waals surface area contributed by atoms with Gasteiger partial charge < -0.3 is 14.6 Å². The van der Waals surface area contributed by atoms with Crippen molar-refractivity contribution in [3.8, 4) is 0 Å². The summed E-state index contributed by atoms with van der Waals surface area (Å²) in [6.07, 6.45) is 3.78. The molecular formula is C27H32N4O2. The van der Waals surface area contributed by atoms with Crippen LogP contribution >= 0.6 is 0 Å². The Morgan fingerprint density at radius 2 is 1.91 bits per heavy atom. The van der Waals surface area contributed by atoms with Crippen LogP contribution in [0, 0.1) is 13.8 Å². The number of nitrogens with zero attached hydrogens (tertiary/aromatic N) is 3. The molecule has 2 aliphatic rings. The maximum absolute atomic E-state index is 13.2. The van der Waals surface area contributed by atoms with Crippen molar-refractivity contribution in [2.24, 2.45) is 0 Å². The lowest BCUT2D eigenvalue weighted by Crippen LogP contribution is -2.44. The van der Waals surface area contributed by atoms with E-state index in [1.54, 1.807) is 0 Å². The first-order chi connectivity index (χ1) is 16.0. The fourth-order valence-corrected chi connectivity index (χ4v) is 5.26. The quantitative estimate of drug-likeness (QED) is 0.643. The molecule has 1 amide bonds. The van der Waals surface area contributed by atoms with Gasteiger partial charge in [0.2, 0.25) is 0 Å². The third kappa shape index (κ3) is 4.44. The first kappa shape index (κ1) is 21.8. The van der Waals surface area contributed by atoms with Crippen LogP contribution in [-0.2, 0) is 23.1 Å². The molecule has 1 aromatic heterocycles. The fourth-order valence-electron chi connectivity index (χ4n) is 5.26. The number of aromatic nitrogens is 3. The van der Waals surface area contributed by atoms with Crippen molar-refractivity contribution in [2.75, 3.05) is 19.8 Å². The molecule has 3 aromatic rings. The number of rotatable bonds is 5. The van der Waals surface area contributed by atoms with Crippen LogP contribution < -0.4 is 5.32 Å². The summed E-state index contributed by atoms with van der Waals surface area (Å²) < 4.78 is 7.85. The molecule has 5 rings (SSSR count). The summed E-state index contributed by atoms with van der Waals surface area (Å²) in [4.78, 5) is 13.2. The fraction of sp³-hybridized carbons (Fsp3) is 0.444. The summed E-state index contributed by atoms with van der Waals surface area (Å²) in [6, 6.07) is 16.8. The largest absolute Gasteiger partial charge is 0.381 e. The lowest BCUT2D eigenvalue weighted by atomic mass is 9.74. The predicted octanol–water partition coefficient (Wildman–Crippen LogP) is 4.10. The molecule has 0 aliphatic carbocycles. The summed E-state index contributed by atoms with van der Waals surface area (Å²) in [5, 5.41) is 11.7. The molecule has 2 aromatic carbocycles. The van der Waals surface area contributed by atoms with E-state index in [4.69, 9.17) is 4.74 Å². The van der Waals surface area contributed by atoms with Crippen LogP contribution in [0.4, 0.5) is 0 Å². The van der Waals surface area contributed by atoms with E-state index in [1.165, 1.54) is 16.7 Å². The predicted molar refractivity (Wildman–Crippen MR) is 128 cm³/mol. The molecule has 6 heteroatoms. The number of ether oxygens (including phenoxy) is 1. The van der Waals surface area contributed by atoms with E-state index in [0.29, 0.717) is 12.5 Å². The number of carbonyl (C=O) groups excluding carboxylic acids is 1. The van der Waals surface area contributed by atoms with Gasteiger partial charge in [-0.05, 0) is 56.4 Å². The van der Waals surface area contributed by atoms with Crippen molar-refractivity contribution >= 4 is 5.91 Å². The zero-order chi connectivity index (χ0) is 22.8. The smallest absolute Gasteiger partial charge is 0.251 e. The first-order valence-electron chi connectivity index (χ1n) is 12.0. The van der Waals surface area contributed by atoms with Crippen molar-refractivity contribution in [2.45, 2.75) is 57.4 Å². The van der Waals surface area contributed by atoms with Crippen LogP contribution in [0.5, 0.6) is 0 Å². The molecule has 0 saturated carbocycles. The van der Waals surface area contributed by atoms with E-state index in [2.05, 4.69) is 63.4 Å². The third-order valence-corrected chi connectivity index (χ3v) is 7.45. The van der Waals surface area contributed by atoms with E-state index < -0.39 is 0 Å². The molecule has 1 atom stereocenters. The number of nitrogens with one attached hydrogen (secondary N) is 1. The minimum absolute atomic E-state index is 0.00759. The maximum atomic E-state index is 13.2. The van der Waals surface area contributed by atoms with E-state index in [0.717, 1.165) is 62.7 Å². The van der Waals surface area contributed by atoms with E-state index in [9.17, 15) is 4.79 Å². The highest BCUT2D eigenvalue weighted by molar-refractivity contribution is 5.94. The van der Waals surface area contributed by atoms with E-state index in [1.807, 2.05) is 19.1 Å². The Morgan fingerprint density at radius 3 is 2.70 bits per heavy atom. The van der Waals surface area contributed by atoms with Gasteiger partial charge in [-0.3, -0.25) is 4.79 Å². The van der Waals surface area contributed by atoms with Crippen LogP contribution in [0.25, 0.3) is 0 Å². The summed E-state index contributed by atoms with van der Waals surface area (Å²) in [5.74, 6) is 2.39. The highest BCUT2D eigenvalue weighted by Gasteiger charge is 2.35. The van der Waals surface area contributed by atoms with Gasteiger partial charge in [0.05, 0.1) is 0 Å². The van der Waals surface area contributed by atoms with Crippen LogP contribution in [0.3, 0.4) is 0 Å². The number of amides is 1. The molecule has 33 heavy (non-hydrogen) atoms. The van der Waals surface area contributed by atoms with Gasteiger partial charge in [0, 0.05) is 49.6 Å². The summed E-state index contributed by atoms with van der Waals surface area (Å²) in [7, 11) is 0. The lowest BCUT2D eigenvalue weighted by molar-refractivity contribution is 0.0487. The molecule has 172 valence electrons. The van der Waals surface area contributed by atoms with Gasteiger partial charge >= 0.3 is 0 Å². The van der Waals surface area contributed by atoms with Crippen molar-refractivity contribution in [1.29, 1.82) is 0 Å². The second kappa shape index (κ2) is 9.10. The molecule has 1 fully saturated rings. The normalized spacial score (nSPS) is 19.6. The van der Waals surface area contributed by atoms with Gasteiger partial charge in [0.25, 0.3) is 5.91 Å². The molecule has 0 spiro atoms. The van der Waals surface area contributed by atoms with Crippen molar-refractivity contribution in [3.63, 3.8) is 0 Å². The molecule has 3 heterocycles. The summed E-state index contributed by atoms with van der Waals surface area (Å²) in [5.41, 5.74) is 4.39. The molecule has 1 N–H and O–H groups in total. The second-order valence-electron chi connectivity index (χ2n) is 9.58. The minimum Gasteiger partial charge on any atom is -0.381 e. The Kier molecular flexibility index (Phi) is 6.02.